The van der Waals surface area contributed by atoms with Crippen molar-refractivity contribution in [2.24, 2.45) is 11.8 Å². The number of benzene rings is 1. The minimum atomic E-state index is -0.847. The fraction of sp³-hybridized carbons (Fsp3) is 0.630. The van der Waals surface area contributed by atoms with Crippen LogP contribution in [-0.2, 0) is 11.2 Å². The van der Waals surface area contributed by atoms with Gasteiger partial charge in [0, 0.05) is 12.4 Å². The maximum absolute atomic E-state index is 14.7. The van der Waals surface area contributed by atoms with Crippen LogP contribution in [0.25, 0.3) is 0 Å². The second-order valence-electron chi connectivity index (χ2n) is 9.60. The van der Waals surface area contributed by atoms with Gasteiger partial charge in [0.05, 0.1) is 13.2 Å². The van der Waals surface area contributed by atoms with Crippen LogP contribution in [0.2, 0.25) is 0 Å². The van der Waals surface area contributed by atoms with E-state index in [0.29, 0.717) is 24.0 Å². The highest BCUT2D eigenvalue weighted by Gasteiger charge is 2.34. The Hall–Kier alpha value is -2.08. The van der Waals surface area contributed by atoms with E-state index < -0.39 is 11.6 Å². The highest BCUT2D eigenvalue weighted by Crippen LogP contribution is 2.44. The van der Waals surface area contributed by atoms with Gasteiger partial charge < -0.3 is 9.47 Å². The fourth-order valence-corrected chi connectivity index (χ4v) is 5.38. The van der Waals surface area contributed by atoms with E-state index in [0.717, 1.165) is 70.2 Å². The summed E-state index contributed by atoms with van der Waals surface area (Å²) < 4.78 is 40.6. The molecule has 1 aliphatic carbocycles. The van der Waals surface area contributed by atoms with E-state index in [1.807, 2.05) is 19.3 Å². The molecule has 1 saturated heterocycles. The van der Waals surface area contributed by atoms with Crippen LogP contribution in [0.4, 0.5) is 8.78 Å². The third-order valence-electron chi connectivity index (χ3n) is 7.28. The van der Waals surface area contributed by atoms with Crippen molar-refractivity contribution >= 4 is 0 Å². The number of ether oxygens (including phenoxy) is 2. The molecular weight excluding hydrogens is 422 g/mol. The number of hydrogen-bond acceptors (Lipinski definition) is 4. The summed E-state index contributed by atoms with van der Waals surface area (Å²) >= 11 is 0. The Labute approximate surface area is 196 Å². The molecule has 1 saturated carbocycles. The first-order chi connectivity index (χ1) is 16.1. The molecule has 4 rings (SSSR count). The van der Waals surface area contributed by atoms with E-state index >= 15 is 0 Å². The first-order valence-electron chi connectivity index (χ1n) is 12.6. The van der Waals surface area contributed by atoms with Crippen molar-refractivity contribution in [2.45, 2.75) is 83.7 Å². The van der Waals surface area contributed by atoms with Gasteiger partial charge in [0.2, 0.25) is 5.82 Å². The molecule has 4 nitrogen and oxygen atoms in total. The van der Waals surface area contributed by atoms with Gasteiger partial charge in [-0.1, -0.05) is 26.3 Å². The zero-order valence-corrected chi connectivity index (χ0v) is 19.9. The van der Waals surface area contributed by atoms with Crippen LogP contribution in [0.3, 0.4) is 0 Å². The lowest BCUT2D eigenvalue weighted by Gasteiger charge is -2.37. The molecule has 0 radical (unpaired) electrons. The van der Waals surface area contributed by atoms with Crippen molar-refractivity contribution in [3.8, 4) is 5.75 Å². The Morgan fingerprint density at radius 2 is 1.64 bits per heavy atom. The lowest BCUT2D eigenvalue weighted by Crippen LogP contribution is -2.30. The fourth-order valence-electron chi connectivity index (χ4n) is 5.38. The predicted molar refractivity (Wildman–Crippen MR) is 124 cm³/mol. The first-order valence-corrected chi connectivity index (χ1v) is 12.6. The van der Waals surface area contributed by atoms with Gasteiger partial charge in [0.25, 0.3) is 0 Å². The average molecular weight is 459 g/mol. The zero-order valence-electron chi connectivity index (χ0n) is 19.9. The zero-order chi connectivity index (χ0) is 23.2. The summed E-state index contributed by atoms with van der Waals surface area (Å²) in [6, 6.07) is 3.30. The molecule has 2 fully saturated rings. The number of halogens is 2. The van der Waals surface area contributed by atoms with Crippen LogP contribution >= 0.6 is 0 Å². The number of nitrogens with zero attached hydrogens (tertiary/aromatic N) is 2. The molecule has 0 spiro atoms. The summed E-state index contributed by atoms with van der Waals surface area (Å²) in [4.78, 5) is 9.06. The molecule has 1 aromatic heterocycles. The maximum atomic E-state index is 14.7. The second-order valence-corrected chi connectivity index (χ2v) is 9.60. The van der Waals surface area contributed by atoms with Gasteiger partial charge in [-0.05, 0) is 86.3 Å². The lowest BCUT2D eigenvalue weighted by molar-refractivity contribution is -0.0431. The van der Waals surface area contributed by atoms with Crippen LogP contribution in [0.5, 0.6) is 5.75 Å². The summed E-state index contributed by atoms with van der Waals surface area (Å²) in [5.41, 5.74) is 1.67. The van der Waals surface area contributed by atoms with Gasteiger partial charge in [-0.3, -0.25) is 0 Å². The molecule has 0 N–H and O–H groups in total. The summed E-state index contributed by atoms with van der Waals surface area (Å²) in [6.45, 7) is 5.21. The highest BCUT2D eigenvalue weighted by molar-refractivity contribution is 5.33. The predicted octanol–water partition coefficient (Wildman–Crippen LogP) is 6.94. The van der Waals surface area contributed by atoms with Crippen LogP contribution in [-0.4, -0.2) is 23.2 Å². The highest BCUT2D eigenvalue weighted by atomic mass is 19.2. The standard InChI is InChI=1S/C27H36F2N2O2/c1-3-5-18-15-30-27(31-16-18)24-12-10-21(17-33-24)19-6-8-20(9-7-19)22-11-13-23(32-14-4-2)26(29)25(22)28/h11,13,15-16,19-21,24H,3-10,12,14,17H2,1-2H3. The molecule has 1 aromatic carbocycles. The van der Waals surface area contributed by atoms with Gasteiger partial charge in [0.15, 0.2) is 17.4 Å². The third kappa shape index (κ3) is 5.71. The van der Waals surface area contributed by atoms with Crippen LogP contribution in [0.15, 0.2) is 24.5 Å². The average Bonchev–Trinajstić information content (AvgIpc) is 2.86. The normalized spacial score (nSPS) is 25.7. The second kappa shape index (κ2) is 11.4. The quantitative estimate of drug-likeness (QED) is 0.430. The Bertz CT molecular complexity index is 890. The number of aryl methyl sites for hydroxylation is 1. The summed E-state index contributed by atoms with van der Waals surface area (Å²) in [6.07, 6.45) is 12.6. The van der Waals surface area contributed by atoms with Crippen LogP contribution in [0.1, 0.15) is 94.2 Å². The first kappa shape index (κ1) is 24.1. The number of hydrogen-bond donors (Lipinski definition) is 0. The Morgan fingerprint density at radius 3 is 2.27 bits per heavy atom. The largest absolute Gasteiger partial charge is 0.490 e. The maximum Gasteiger partial charge on any atom is 0.200 e. The van der Waals surface area contributed by atoms with Gasteiger partial charge in [-0.15, -0.1) is 0 Å². The van der Waals surface area contributed by atoms with E-state index in [-0.39, 0.29) is 17.8 Å². The summed E-state index contributed by atoms with van der Waals surface area (Å²) in [7, 11) is 0. The minimum Gasteiger partial charge on any atom is -0.490 e. The van der Waals surface area contributed by atoms with E-state index in [9.17, 15) is 8.78 Å². The Kier molecular flexibility index (Phi) is 8.29. The minimum absolute atomic E-state index is 0.0150. The van der Waals surface area contributed by atoms with Gasteiger partial charge in [0.1, 0.15) is 6.10 Å². The molecule has 2 unspecified atom stereocenters. The van der Waals surface area contributed by atoms with Crippen molar-refractivity contribution < 1.29 is 18.3 Å². The van der Waals surface area contributed by atoms with E-state index in [1.54, 1.807) is 12.1 Å². The molecule has 2 atom stereocenters. The van der Waals surface area contributed by atoms with Crippen molar-refractivity contribution in [2.75, 3.05) is 13.2 Å². The monoisotopic (exact) mass is 458 g/mol. The van der Waals surface area contributed by atoms with E-state index in [1.165, 1.54) is 5.56 Å². The van der Waals surface area contributed by atoms with E-state index in [4.69, 9.17) is 9.47 Å². The number of aromatic nitrogens is 2. The van der Waals surface area contributed by atoms with E-state index in [2.05, 4.69) is 16.9 Å². The lowest BCUT2D eigenvalue weighted by atomic mass is 9.72. The van der Waals surface area contributed by atoms with Crippen molar-refractivity contribution in [1.29, 1.82) is 0 Å². The van der Waals surface area contributed by atoms with Gasteiger partial charge >= 0.3 is 0 Å². The molecule has 180 valence electrons. The molecule has 1 aliphatic heterocycles. The van der Waals surface area contributed by atoms with Gasteiger partial charge in [-0.2, -0.15) is 4.39 Å². The molecule has 2 heterocycles. The molecule has 33 heavy (non-hydrogen) atoms. The molecule has 0 bridgehead atoms. The van der Waals surface area contributed by atoms with Crippen molar-refractivity contribution in [3.63, 3.8) is 0 Å². The molecular formula is C27H36F2N2O2. The third-order valence-corrected chi connectivity index (χ3v) is 7.28. The molecule has 0 amide bonds. The topological polar surface area (TPSA) is 44.2 Å². The summed E-state index contributed by atoms with van der Waals surface area (Å²) in [5, 5.41) is 0. The van der Waals surface area contributed by atoms with Crippen molar-refractivity contribution in [1.82, 2.24) is 9.97 Å². The summed E-state index contributed by atoms with van der Waals surface area (Å²) in [5.74, 6) is 0.400. The van der Waals surface area contributed by atoms with Crippen LogP contribution in [0, 0.1) is 23.5 Å². The van der Waals surface area contributed by atoms with Crippen molar-refractivity contribution in [3.05, 3.63) is 53.1 Å². The Morgan fingerprint density at radius 1 is 0.909 bits per heavy atom. The Balaban J connectivity index is 1.28. The molecule has 2 aliphatic rings. The van der Waals surface area contributed by atoms with Crippen LogP contribution < -0.4 is 4.74 Å². The van der Waals surface area contributed by atoms with Gasteiger partial charge in [-0.25, -0.2) is 14.4 Å². The smallest absolute Gasteiger partial charge is 0.200 e. The molecule has 6 heteroatoms. The SMILES string of the molecule is CCCOc1ccc(C2CCC(C3CCC(c4ncc(CCC)cn4)OC3)CC2)c(F)c1F. The molecule has 2 aromatic rings. The number of rotatable bonds is 8.